The molecule has 0 saturated carbocycles. The van der Waals surface area contributed by atoms with Crippen molar-refractivity contribution in [1.82, 2.24) is 14.8 Å². The Balaban J connectivity index is 2.24. The monoisotopic (exact) mass is 338 g/mol. The molecule has 0 amide bonds. The second-order valence-corrected chi connectivity index (χ2v) is 6.65. The summed E-state index contributed by atoms with van der Waals surface area (Å²) in [6.07, 6.45) is 1.81. The lowest BCUT2D eigenvalue weighted by molar-refractivity contribution is 0.783. The normalized spacial score (nSPS) is 11.0. The van der Waals surface area contributed by atoms with Crippen LogP contribution in [0.2, 0.25) is 10.0 Å². The molecule has 2 heterocycles. The first-order valence-corrected chi connectivity index (χ1v) is 7.75. The number of rotatable bonds is 2. The molecule has 0 saturated heterocycles. The lowest BCUT2D eigenvalue weighted by atomic mass is 10.0. The first-order chi connectivity index (χ1) is 9.97. The summed E-state index contributed by atoms with van der Waals surface area (Å²) in [6, 6.07) is 5.45. The zero-order valence-electron chi connectivity index (χ0n) is 11.4. The van der Waals surface area contributed by atoms with E-state index in [0.717, 1.165) is 26.7 Å². The van der Waals surface area contributed by atoms with Crippen molar-refractivity contribution in [1.29, 1.82) is 0 Å². The molecule has 2 aromatic heterocycles. The standard InChI is InChI=1S/C14H12Cl2N4S/c1-7-18-6-11(21-7)13-12(14(17)20(2)19-13)8-3-4-9(15)10(16)5-8/h3-6H,17H2,1-2H3. The van der Waals surface area contributed by atoms with Gasteiger partial charge in [0.05, 0.1) is 25.5 Å². The molecule has 0 bridgehead atoms. The first kappa shape index (κ1) is 14.4. The molecule has 0 radical (unpaired) electrons. The van der Waals surface area contributed by atoms with E-state index in [0.29, 0.717) is 15.9 Å². The van der Waals surface area contributed by atoms with Crippen molar-refractivity contribution in [3.05, 3.63) is 39.4 Å². The zero-order valence-corrected chi connectivity index (χ0v) is 13.7. The Labute approximate surface area is 136 Å². The van der Waals surface area contributed by atoms with E-state index in [1.165, 1.54) is 0 Å². The number of anilines is 1. The summed E-state index contributed by atoms with van der Waals surface area (Å²) in [7, 11) is 1.81. The SMILES string of the molecule is Cc1ncc(-c2nn(C)c(N)c2-c2ccc(Cl)c(Cl)c2)s1. The van der Waals surface area contributed by atoms with Gasteiger partial charge in [0.1, 0.15) is 11.5 Å². The van der Waals surface area contributed by atoms with Gasteiger partial charge in [0.15, 0.2) is 0 Å². The molecule has 0 spiro atoms. The van der Waals surface area contributed by atoms with Crippen LogP contribution < -0.4 is 5.73 Å². The van der Waals surface area contributed by atoms with Gasteiger partial charge in [-0.15, -0.1) is 11.3 Å². The van der Waals surface area contributed by atoms with E-state index in [4.69, 9.17) is 28.9 Å². The van der Waals surface area contributed by atoms with Crippen molar-refractivity contribution in [2.45, 2.75) is 6.92 Å². The number of aryl methyl sites for hydroxylation is 2. The van der Waals surface area contributed by atoms with Gasteiger partial charge < -0.3 is 5.73 Å². The van der Waals surface area contributed by atoms with Crippen molar-refractivity contribution >= 4 is 40.4 Å². The number of nitrogens with zero attached hydrogens (tertiary/aromatic N) is 3. The largest absolute Gasteiger partial charge is 0.383 e. The molecule has 4 nitrogen and oxygen atoms in total. The highest BCUT2D eigenvalue weighted by Crippen LogP contribution is 2.39. The van der Waals surface area contributed by atoms with Crippen molar-refractivity contribution in [2.24, 2.45) is 7.05 Å². The Morgan fingerprint density at radius 2 is 2.00 bits per heavy atom. The molecule has 3 aromatic rings. The van der Waals surface area contributed by atoms with Gasteiger partial charge in [-0.1, -0.05) is 29.3 Å². The van der Waals surface area contributed by atoms with E-state index < -0.39 is 0 Å². The Bertz CT molecular complexity index is 822. The van der Waals surface area contributed by atoms with E-state index in [2.05, 4.69) is 10.1 Å². The number of hydrogen-bond donors (Lipinski definition) is 1. The van der Waals surface area contributed by atoms with Crippen LogP contribution in [0.25, 0.3) is 21.7 Å². The Hall–Kier alpha value is -1.56. The summed E-state index contributed by atoms with van der Waals surface area (Å²) in [5, 5.41) is 6.49. The van der Waals surface area contributed by atoms with Gasteiger partial charge in [0, 0.05) is 13.2 Å². The highest BCUT2D eigenvalue weighted by atomic mass is 35.5. The third-order valence-corrected chi connectivity index (χ3v) is 4.81. The van der Waals surface area contributed by atoms with Crippen LogP contribution in [-0.4, -0.2) is 14.8 Å². The smallest absolute Gasteiger partial charge is 0.129 e. The summed E-state index contributed by atoms with van der Waals surface area (Å²) in [4.78, 5) is 5.25. The summed E-state index contributed by atoms with van der Waals surface area (Å²) < 4.78 is 1.65. The van der Waals surface area contributed by atoms with Crippen LogP contribution in [-0.2, 0) is 7.05 Å². The quantitative estimate of drug-likeness (QED) is 0.752. The summed E-state index contributed by atoms with van der Waals surface area (Å²) in [5.74, 6) is 0.578. The van der Waals surface area contributed by atoms with E-state index in [1.54, 1.807) is 28.2 Å². The fourth-order valence-electron chi connectivity index (χ4n) is 2.12. The number of hydrogen-bond acceptors (Lipinski definition) is 4. The molecule has 2 N–H and O–H groups in total. The van der Waals surface area contributed by atoms with Gasteiger partial charge in [-0.05, 0) is 24.6 Å². The van der Waals surface area contributed by atoms with Gasteiger partial charge in [0.2, 0.25) is 0 Å². The van der Waals surface area contributed by atoms with E-state index in [1.807, 2.05) is 26.2 Å². The molecule has 108 valence electrons. The lowest BCUT2D eigenvalue weighted by Gasteiger charge is -2.05. The predicted molar refractivity (Wildman–Crippen MR) is 88.9 cm³/mol. The summed E-state index contributed by atoms with van der Waals surface area (Å²) in [5.41, 5.74) is 8.71. The molecule has 21 heavy (non-hydrogen) atoms. The van der Waals surface area contributed by atoms with E-state index in [-0.39, 0.29) is 0 Å². The third-order valence-electron chi connectivity index (χ3n) is 3.15. The van der Waals surface area contributed by atoms with Gasteiger partial charge in [0.25, 0.3) is 0 Å². The molecule has 0 atom stereocenters. The highest BCUT2D eigenvalue weighted by molar-refractivity contribution is 7.15. The average molecular weight is 339 g/mol. The molecule has 0 aliphatic rings. The van der Waals surface area contributed by atoms with Crippen molar-refractivity contribution < 1.29 is 0 Å². The number of thiazole rings is 1. The second-order valence-electron chi connectivity index (χ2n) is 4.60. The number of halogens is 2. The minimum Gasteiger partial charge on any atom is -0.383 e. The lowest BCUT2D eigenvalue weighted by Crippen LogP contribution is -1.97. The van der Waals surface area contributed by atoms with E-state index in [9.17, 15) is 0 Å². The molecule has 0 fully saturated rings. The van der Waals surface area contributed by atoms with Crippen LogP contribution in [0.3, 0.4) is 0 Å². The van der Waals surface area contributed by atoms with E-state index >= 15 is 0 Å². The highest BCUT2D eigenvalue weighted by Gasteiger charge is 2.19. The molecular formula is C14H12Cl2N4S. The van der Waals surface area contributed by atoms with Gasteiger partial charge >= 0.3 is 0 Å². The first-order valence-electron chi connectivity index (χ1n) is 6.18. The molecule has 3 rings (SSSR count). The van der Waals surface area contributed by atoms with Gasteiger partial charge in [-0.3, -0.25) is 4.68 Å². The maximum absolute atomic E-state index is 6.18. The zero-order chi connectivity index (χ0) is 15.1. The number of nitrogens with two attached hydrogens (primary N) is 1. The van der Waals surface area contributed by atoms with Crippen molar-refractivity contribution in [3.63, 3.8) is 0 Å². The topological polar surface area (TPSA) is 56.7 Å². The number of aromatic nitrogens is 3. The van der Waals surface area contributed by atoms with Crippen LogP contribution in [0.5, 0.6) is 0 Å². The fraction of sp³-hybridized carbons (Fsp3) is 0.143. The number of benzene rings is 1. The van der Waals surface area contributed by atoms with Crippen LogP contribution in [0.1, 0.15) is 5.01 Å². The van der Waals surface area contributed by atoms with Crippen LogP contribution in [0, 0.1) is 6.92 Å². The van der Waals surface area contributed by atoms with Crippen LogP contribution >= 0.6 is 34.5 Å². The minimum atomic E-state index is 0.490. The second kappa shape index (κ2) is 5.33. The predicted octanol–water partition coefficient (Wildman–Crippen LogP) is 4.41. The maximum Gasteiger partial charge on any atom is 0.129 e. The van der Waals surface area contributed by atoms with Gasteiger partial charge in [-0.25, -0.2) is 4.98 Å². The molecule has 0 aliphatic carbocycles. The fourth-order valence-corrected chi connectivity index (χ4v) is 3.18. The van der Waals surface area contributed by atoms with Gasteiger partial charge in [-0.2, -0.15) is 5.10 Å². The maximum atomic E-state index is 6.18. The molecule has 1 aromatic carbocycles. The molecular weight excluding hydrogens is 327 g/mol. The Morgan fingerprint density at radius 1 is 1.24 bits per heavy atom. The number of nitrogen functional groups attached to an aromatic ring is 1. The third kappa shape index (κ3) is 2.52. The Kier molecular flexibility index (Phi) is 3.65. The minimum absolute atomic E-state index is 0.490. The van der Waals surface area contributed by atoms with Crippen LogP contribution in [0.4, 0.5) is 5.82 Å². The molecule has 7 heteroatoms. The summed E-state index contributed by atoms with van der Waals surface area (Å²) in [6.45, 7) is 1.96. The average Bonchev–Trinajstić information content (AvgIpc) is 2.99. The van der Waals surface area contributed by atoms with Crippen LogP contribution in [0.15, 0.2) is 24.4 Å². The Morgan fingerprint density at radius 3 is 2.62 bits per heavy atom. The van der Waals surface area contributed by atoms with Crippen molar-refractivity contribution in [2.75, 3.05) is 5.73 Å². The van der Waals surface area contributed by atoms with Crippen molar-refractivity contribution in [3.8, 4) is 21.7 Å². The summed E-state index contributed by atoms with van der Waals surface area (Å²) >= 11 is 13.7. The molecule has 0 unspecified atom stereocenters. The molecule has 0 aliphatic heterocycles.